The van der Waals surface area contributed by atoms with Gasteiger partial charge in [-0.25, -0.2) is 4.79 Å². The Labute approximate surface area is 122 Å². The minimum Gasteiger partial charge on any atom is -0.444 e. The van der Waals surface area contributed by atoms with Crippen LogP contribution in [-0.2, 0) is 9.53 Å². The average Bonchev–Trinajstić information content (AvgIpc) is 2.25. The summed E-state index contributed by atoms with van der Waals surface area (Å²) < 4.78 is 5.40. The Balaban J connectivity index is 2.73. The van der Waals surface area contributed by atoms with Crippen LogP contribution in [0.3, 0.4) is 0 Å². The summed E-state index contributed by atoms with van der Waals surface area (Å²) >= 11 is 0. The third kappa shape index (κ3) is 4.12. The molecule has 0 aromatic rings. The lowest BCUT2D eigenvalue weighted by Crippen LogP contribution is -2.61. The largest absolute Gasteiger partial charge is 0.444 e. The monoisotopic (exact) mass is 284 g/mol. The van der Waals surface area contributed by atoms with Crippen LogP contribution in [0.4, 0.5) is 4.79 Å². The van der Waals surface area contributed by atoms with Gasteiger partial charge in [-0.15, -0.1) is 0 Å². The van der Waals surface area contributed by atoms with Gasteiger partial charge in [0, 0.05) is 31.1 Å². The molecule has 0 bridgehead atoms. The molecule has 1 fully saturated rings. The number of carbonyl (C=O) groups excluding carboxylic acids is 2. The molecule has 1 aliphatic heterocycles. The molecule has 116 valence electrons. The van der Waals surface area contributed by atoms with Crippen LogP contribution in [0, 0.1) is 5.92 Å². The van der Waals surface area contributed by atoms with Crippen LogP contribution in [0.2, 0.25) is 0 Å². The topological polar surface area (TPSA) is 49.9 Å². The van der Waals surface area contributed by atoms with E-state index in [0.29, 0.717) is 13.1 Å². The molecule has 2 amide bonds. The number of piperazine rings is 1. The van der Waals surface area contributed by atoms with Gasteiger partial charge in [0.05, 0.1) is 0 Å². The number of ether oxygens (including phenoxy) is 1. The molecule has 1 saturated heterocycles. The molecule has 0 spiro atoms. The molecule has 0 radical (unpaired) electrons. The molecule has 0 N–H and O–H groups in total. The zero-order valence-electron chi connectivity index (χ0n) is 13.8. The number of hydrogen-bond donors (Lipinski definition) is 0. The van der Waals surface area contributed by atoms with E-state index < -0.39 is 5.60 Å². The molecule has 0 saturated carbocycles. The lowest BCUT2D eigenvalue weighted by molar-refractivity contribution is -0.142. The standard InChI is InChI=1S/C15H28N2O3/c1-10(2)13(18)17-11(3)8-16(9-12(17)4)14(19)20-15(5,6)7/h10-12H,8-9H2,1-7H3/t11-,12+. The van der Waals surface area contributed by atoms with E-state index in [2.05, 4.69) is 0 Å². The third-order valence-electron chi connectivity index (χ3n) is 3.32. The molecular formula is C15H28N2O3. The quantitative estimate of drug-likeness (QED) is 0.743. The van der Waals surface area contributed by atoms with Gasteiger partial charge in [0.15, 0.2) is 0 Å². The average molecular weight is 284 g/mol. The van der Waals surface area contributed by atoms with Crippen LogP contribution in [0.5, 0.6) is 0 Å². The van der Waals surface area contributed by atoms with Gasteiger partial charge in [0.2, 0.25) is 5.91 Å². The smallest absolute Gasteiger partial charge is 0.410 e. The van der Waals surface area contributed by atoms with Crippen molar-refractivity contribution in [2.24, 2.45) is 5.92 Å². The van der Waals surface area contributed by atoms with E-state index in [0.717, 1.165) is 0 Å². The second-order valence-corrected chi connectivity index (χ2v) is 6.98. The fraction of sp³-hybridized carbons (Fsp3) is 0.867. The summed E-state index contributed by atoms with van der Waals surface area (Å²) in [6, 6.07) is 0.0299. The van der Waals surface area contributed by atoms with Crippen molar-refractivity contribution in [1.82, 2.24) is 9.80 Å². The van der Waals surface area contributed by atoms with Crippen molar-refractivity contribution in [3.8, 4) is 0 Å². The highest BCUT2D eigenvalue weighted by Crippen LogP contribution is 2.20. The van der Waals surface area contributed by atoms with Gasteiger partial charge in [-0.1, -0.05) is 13.8 Å². The Kier molecular flexibility index (Phi) is 5.05. The Hall–Kier alpha value is -1.26. The SMILES string of the molecule is CC(C)C(=O)N1[C@H](C)CN(C(=O)OC(C)(C)C)C[C@@H]1C. The van der Waals surface area contributed by atoms with Crippen LogP contribution in [0.25, 0.3) is 0 Å². The molecule has 5 heteroatoms. The van der Waals surface area contributed by atoms with Crippen LogP contribution >= 0.6 is 0 Å². The van der Waals surface area contributed by atoms with Gasteiger partial charge in [-0.3, -0.25) is 4.79 Å². The molecule has 1 heterocycles. The summed E-state index contributed by atoms with van der Waals surface area (Å²) in [6.45, 7) is 14.4. The Morgan fingerprint density at radius 3 is 1.90 bits per heavy atom. The van der Waals surface area contributed by atoms with Gasteiger partial charge in [-0.2, -0.15) is 0 Å². The molecule has 2 atom stereocenters. The first-order valence-electron chi connectivity index (χ1n) is 7.33. The number of amides is 2. The van der Waals surface area contributed by atoms with Crippen LogP contribution < -0.4 is 0 Å². The lowest BCUT2D eigenvalue weighted by atomic mass is 10.0. The van der Waals surface area contributed by atoms with Crippen molar-refractivity contribution >= 4 is 12.0 Å². The first-order valence-corrected chi connectivity index (χ1v) is 7.33. The predicted molar refractivity (Wildman–Crippen MR) is 78.4 cm³/mol. The fourth-order valence-corrected chi connectivity index (χ4v) is 2.53. The van der Waals surface area contributed by atoms with Gasteiger partial charge < -0.3 is 14.5 Å². The highest BCUT2D eigenvalue weighted by Gasteiger charge is 2.36. The van der Waals surface area contributed by atoms with Crippen molar-refractivity contribution in [3.63, 3.8) is 0 Å². The van der Waals surface area contributed by atoms with Crippen LogP contribution in [-0.4, -0.2) is 52.6 Å². The maximum Gasteiger partial charge on any atom is 0.410 e. The normalized spacial score (nSPS) is 24.0. The second kappa shape index (κ2) is 6.02. The zero-order valence-corrected chi connectivity index (χ0v) is 13.8. The number of nitrogens with zero attached hydrogens (tertiary/aromatic N) is 2. The minimum atomic E-state index is -0.492. The van der Waals surface area contributed by atoms with Crippen molar-refractivity contribution < 1.29 is 14.3 Å². The summed E-state index contributed by atoms with van der Waals surface area (Å²) in [5, 5.41) is 0. The number of rotatable bonds is 1. The Bertz CT molecular complexity index is 362. The fourth-order valence-electron chi connectivity index (χ4n) is 2.53. The summed E-state index contributed by atoms with van der Waals surface area (Å²) in [4.78, 5) is 27.9. The molecule has 0 aromatic carbocycles. The Morgan fingerprint density at radius 2 is 1.55 bits per heavy atom. The van der Waals surface area contributed by atoms with E-state index in [1.165, 1.54) is 0 Å². The van der Waals surface area contributed by atoms with Gasteiger partial charge in [0.1, 0.15) is 5.60 Å². The maximum absolute atomic E-state index is 12.2. The molecule has 5 nitrogen and oxygen atoms in total. The second-order valence-electron chi connectivity index (χ2n) is 6.98. The van der Waals surface area contributed by atoms with Crippen molar-refractivity contribution in [2.45, 2.75) is 66.2 Å². The Morgan fingerprint density at radius 1 is 1.10 bits per heavy atom. The maximum atomic E-state index is 12.2. The zero-order chi connectivity index (χ0) is 15.7. The van der Waals surface area contributed by atoms with E-state index in [4.69, 9.17) is 4.74 Å². The number of carbonyl (C=O) groups is 2. The first-order chi connectivity index (χ1) is 9.03. The van der Waals surface area contributed by atoms with Gasteiger partial charge >= 0.3 is 6.09 Å². The summed E-state index contributed by atoms with van der Waals surface area (Å²) in [6.07, 6.45) is -0.298. The van der Waals surface area contributed by atoms with Crippen molar-refractivity contribution in [2.75, 3.05) is 13.1 Å². The first kappa shape index (κ1) is 16.8. The molecule has 1 aliphatic rings. The number of hydrogen-bond acceptors (Lipinski definition) is 3. The minimum absolute atomic E-state index is 0.0150. The van der Waals surface area contributed by atoms with Crippen LogP contribution in [0.15, 0.2) is 0 Å². The van der Waals surface area contributed by atoms with Crippen molar-refractivity contribution in [1.29, 1.82) is 0 Å². The van der Waals surface area contributed by atoms with E-state index in [1.807, 2.05) is 53.4 Å². The van der Waals surface area contributed by atoms with Crippen LogP contribution in [0.1, 0.15) is 48.5 Å². The molecular weight excluding hydrogens is 256 g/mol. The third-order valence-corrected chi connectivity index (χ3v) is 3.32. The summed E-state index contributed by atoms with van der Waals surface area (Å²) in [7, 11) is 0. The van der Waals surface area contributed by atoms with Crippen molar-refractivity contribution in [3.05, 3.63) is 0 Å². The highest BCUT2D eigenvalue weighted by atomic mass is 16.6. The summed E-state index contributed by atoms with van der Waals surface area (Å²) in [5.41, 5.74) is -0.492. The molecule has 0 unspecified atom stereocenters. The van der Waals surface area contributed by atoms with Gasteiger partial charge in [-0.05, 0) is 34.6 Å². The molecule has 20 heavy (non-hydrogen) atoms. The lowest BCUT2D eigenvalue weighted by Gasteiger charge is -2.45. The summed E-state index contributed by atoms with van der Waals surface area (Å²) in [5.74, 6) is 0.127. The predicted octanol–water partition coefficient (Wildman–Crippen LogP) is 2.50. The van der Waals surface area contributed by atoms with E-state index in [9.17, 15) is 9.59 Å². The van der Waals surface area contributed by atoms with E-state index in [-0.39, 0.29) is 30.0 Å². The molecule has 1 rings (SSSR count). The highest BCUT2D eigenvalue weighted by molar-refractivity contribution is 5.79. The molecule has 0 aromatic heterocycles. The van der Waals surface area contributed by atoms with E-state index in [1.54, 1.807) is 4.90 Å². The van der Waals surface area contributed by atoms with E-state index >= 15 is 0 Å². The molecule has 0 aliphatic carbocycles. The van der Waals surface area contributed by atoms with Gasteiger partial charge in [0.25, 0.3) is 0 Å².